The van der Waals surface area contributed by atoms with Crippen molar-refractivity contribution in [3.05, 3.63) is 60.2 Å². The normalized spacial score (nSPS) is 9.40. The Balaban J connectivity index is 3.04. The first kappa shape index (κ1) is 15.4. The van der Waals surface area contributed by atoms with Gasteiger partial charge in [0, 0.05) is 5.56 Å². The Morgan fingerprint density at radius 1 is 1.05 bits per heavy atom. The third-order valence-electron chi connectivity index (χ3n) is 2.30. The van der Waals surface area contributed by atoms with Gasteiger partial charge in [-0.05, 0) is 18.2 Å². The van der Waals surface area contributed by atoms with Gasteiger partial charge in [-0.25, -0.2) is 9.59 Å². The molecular formula is C15H14O5. The second kappa shape index (κ2) is 7.68. The molecule has 0 fully saturated rings. The zero-order valence-corrected chi connectivity index (χ0v) is 10.8. The molecule has 0 aromatic heterocycles. The minimum absolute atomic E-state index is 0.00917. The van der Waals surface area contributed by atoms with Crippen molar-refractivity contribution in [1.29, 1.82) is 0 Å². The standard InChI is InChI=1S/C15H14O5/c1-3-7-19-14(17)11-5-6-12(10-16)13(9-11)15(18)20-8-4-2/h3-6,9-10H,1-2,7-8H2. The summed E-state index contributed by atoms with van der Waals surface area (Å²) in [7, 11) is 0. The van der Waals surface area contributed by atoms with Crippen LogP contribution in [0.4, 0.5) is 0 Å². The van der Waals surface area contributed by atoms with Gasteiger partial charge in [-0.3, -0.25) is 4.79 Å². The van der Waals surface area contributed by atoms with Crippen LogP contribution in [0, 0.1) is 0 Å². The number of benzene rings is 1. The molecule has 1 aromatic rings. The van der Waals surface area contributed by atoms with Crippen LogP contribution in [0.3, 0.4) is 0 Å². The highest BCUT2D eigenvalue weighted by molar-refractivity contribution is 6.01. The van der Waals surface area contributed by atoms with E-state index in [-0.39, 0.29) is 29.9 Å². The van der Waals surface area contributed by atoms with E-state index in [9.17, 15) is 14.4 Å². The maximum atomic E-state index is 11.8. The van der Waals surface area contributed by atoms with E-state index in [0.29, 0.717) is 6.29 Å². The fraction of sp³-hybridized carbons (Fsp3) is 0.133. The van der Waals surface area contributed by atoms with E-state index in [0.717, 1.165) is 0 Å². The summed E-state index contributed by atoms with van der Waals surface area (Å²) in [6.45, 7) is 6.92. The van der Waals surface area contributed by atoms with Gasteiger partial charge in [0.2, 0.25) is 0 Å². The van der Waals surface area contributed by atoms with Gasteiger partial charge in [-0.1, -0.05) is 25.3 Å². The summed E-state index contributed by atoms with van der Waals surface area (Å²) in [6.07, 6.45) is 3.35. The maximum Gasteiger partial charge on any atom is 0.339 e. The van der Waals surface area contributed by atoms with E-state index < -0.39 is 11.9 Å². The molecular weight excluding hydrogens is 260 g/mol. The highest BCUT2D eigenvalue weighted by Crippen LogP contribution is 2.13. The molecule has 0 saturated carbocycles. The first-order valence-corrected chi connectivity index (χ1v) is 5.79. The molecule has 5 nitrogen and oxygen atoms in total. The average molecular weight is 274 g/mol. The highest BCUT2D eigenvalue weighted by atomic mass is 16.5. The van der Waals surface area contributed by atoms with Crippen LogP contribution in [0.5, 0.6) is 0 Å². The Labute approximate surface area is 116 Å². The van der Waals surface area contributed by atoms with Crippen molar-refractivity contribution in [2.24, 2.45) is 0 Å². The molecule has 0 atom stereocenters. The Bertz CT molecular complexity index is 545. The van der Waals surface area contributed by atoms with Crippen molar-refractivity contribution in [1.82, 2.24) is 0 Å². The molecule has 0 heterocycles. The van der Waals surface area contributed by atoms with E-state index >= 15 is 0 Å². The first-order chi connectivity index (χ1) is 9.63. The zero-order chi connectivity index (χ0) is 15.0. The molecule has 1 aromatic carbocycles. The summed E-state index contributed by atoms with van der Waals surface area (Å²) < 4.78 is 9.70. The molecule has 0 radical (unpaired) electrons. The molecule has 5 heteroatoms. The van der Waals surface area contributed by atoms with Crippen LogP contribution < -0.4 is 0 Å². The van der Waals surface area contributed by atoms with Gasteiger partial charge in [0.1, 0.15) is 13.2 Å². The number of rotatable bonds is 7. The zero-order valence-electron chi connectivity index (χ0n) is 10.8. The second-order valence-electron chi connectivity index (χ2n) is 3.69. The number of ether oxygens (including phenoxy) is 2. The van der Waals surface area contributed by atoms with Crippen LogP contribution in [-0.2, 0) is 9.47 Å². The van der Waals surface area contributed by atoms with E-state index in [2.05, 4.69) is 13.2 Å². The van der Waals surface area contributed by atoms with Crippen LogP contribution in [-0.4, -0.2) is 31.4 Å². The Morgan fingerprint density at radius 2 is 1.65 bits per heavy atom. The molecule has 0 amide bonds. The highest BCUT2D eigenvalue weighted by Gasteiger charge is 2.16. The summed E-state index contributed by atoms with van der Waals surface area (Å²) in [5.41, 5.74) is 0.303. The van der Waals surface area contributed by atoms with Gasteiger partial charge in [0.25, 0.3) is 0 Å². The van der Waals surface area contributed by atoms with Gasteiger partial charge in [0.05, 0.1) is 11.1 Å². The van der Waals surface area contributed by atoms with Crippen molar-refractivity contribution in [2.45, 2.75) is 0 Å². The molecule has 0 aliphatic rings. The molecule has 0 aliphatic heterocycles. The molecule has 0 aliphatic carbocycles. The number of carbonyl (C=O) groups excluding carboxylic acids is 3. The largest absolute Gasteiger partial charge is 0.458 e. The first-order valence-electron chi connectivity index (χ1n) is 5.79. The van der Waals surface area contributed by atoms with Gasteiger partial charge in [-0.15, -0.1) is 0 Å². The van der Waals surface area contributed by atoms with E-state index in [4.69, 9.17) is 9.47 Å². The van der Waals surface area contributed by atoms with Crippen molar-refractivity contribution >= 4 is 18.2 Å². The minimum atomic E-state index is -0.703. The lowest BCUT2D eigenvalue weighted by molar-refractivity contribution is 0.0546. The van der Waals surface area contributed by atoms with Crippen LogP contribution >= 0.6 is 0 Å². The van der Waals surface area contributed by atoms with Crippen molar-refractivity contribution in [3.8, 4) is 0 Å². The number of hydrogen-bond donors (Lipinski definition) is 0. The van der Waals surface area contributed by atoms with E-state index in [1.165, 1.54) is 30.4 Å². The van der Waals surface area contributed by atoms with Crippen molar-refractivity contribution in [3.63, 3.8) is 0 Å². The molecule has 0 spiro atoms. The van der Waals surface area contributed by atoms with Crippen molar-refractivity contribution < 1.29 is 23.9 Å². The second-order valence-corrected chi connectivity index (χ2v) is 3.69. The lowest BCUT2D eigenvalue weighted by Crippen LogP contribution is -2.11. The predicted molar refractivity (Wildman–Crippen MR) is 72.8 cm³/mol. The molecule has 0 saturated heterocycles. The van der Waals surface area contributed by atoms with Crippen molar-refractivity contribution in [2.75, 3.05) is 13.2 Å². The van der Waals surface area contributed by atoms with E-state index in [1.54, 1.807) is 0 Å². The predicted octanol–water partition coefficient (Wildman–Crippen LogP) is 2.18. The quantitative estimate of drug-likeness (QED) is 0.433. The Morgan fingerprint density at radius 3 is 2.20 bits per heavy atom. The summed E-state index contributed by atoms with van der Waals surface area (Å²) in [5, 5.41) is 0. The lowest BCUT2D eigenvalue weighted by Gasteiger charge is -2.07. The van der Waals surface area contributed by atoms with Gasteiger partial charge in [0.15, 0.2) is 6.29 Å². The third-order valence-corrected chi connectivity index (χ3v) is 2.30. The SMILES string of the molecule is C=CCOC(=O)c1ccc(C=O)c(C(=O)OCC=C)c1. The summed E-state index contributed by atoms with van der Waals surface area (Å²) in [5.74, 6) is -1.31. The maximum absolute atomic E-state index is 11.8. The molecule has 0 unspecified atom stereocenters. The molecule has 104 valence electrons. The molecule has 1 rings (SSSR count). The fourth-order valence-corrected chi connectivity index (χ4v) is 1.39. The van der Waals surface area contributed by atoms with Gasteiger partial charge >= 0.3 is 11.9 Å². The Hall–Kier alpha value is -2.69. The molecule has 20 heavy (non-hydrogen) atoms. The number of aldehydes is 1. The fourth-order valence-electron chi connectivity index (χ4n) is 1.39. The molecule has 0 bridgehead atoms. The van der Waals surface area contributed by atoms with Gasteiger partial charge < -0.3 is 9.47 Å². The number of esters is 2. The van der Waals surface area contributed by atoms with E-state index in [1.807, 2.05) is 0 Å². The van der Waals surface area contributed by atoms with Crippen LogP contribution in [0.1, 0.15) is 31.1 Å². The summed E-state index contributed by atoms with van der Waals surface area (Å²) in [6, 6.07) is 4.03. The van der Waals surface area contributed by atoms with Crippen LogP contribution in [0.2, 0.25) is 0 Å². The minimum Gasteiger partial charge on any atom is -0.458 e. The van der Waals surface area contributed by atoms with Gasteiger partial charge in [-0.2, -0.15) is 0 Å². The third kappa shape index (κ3) is 3.91. The average Bonchev–Trinajstić information content (AvgIpc) is 2.49. The summed E-state index contributed by atoms with van der Waals surface area (Å²) in [4.78, 5) is 34.3. The smallest absolute Gasteiger partial charge is 0.339 e. The lowest BCUT2D eigenvalue weighted by atomic mass is 10.0. The topological polar surface area (TPSA) is 69.7 Å². The monoisotopic (exact) mass is 274 g/mol. The molecule has 0 N–H and O–H groups in total. The number of hydrogen-bond acceptors (Lipinski definition) is 5. The van der Waals surface area contributed by atoms with Crippen LogP contribution in [0.25, 0.3) is 0 Å². The Kier molecular flexibility index (Phi) is 5.90. The van der Waals surface area contributed by atoms with Crippen LogP contribution in [0.15, 0.2) is 43.5 Å². The summed E-state index contributed by atoms with van der Waals surface area (Å²) >= 11 is 0. The number of carbonyl (C=O) groups is 3.